The highest BCUT2D eigenvalue weighted by molar-refractivity contribution is 6.20. The Hall–Kier alpha value is -0.810. The van der Waals surface area contributed by atoms with E-state index in [-0.39, 0.29) is 24.5 Å². The topological polar surface area (TPSA) is 55.8 Å². The number of halogens is 1. The Bertz CT molecular complexity index is 459. The molecule has 0 amide bonds. The molecule has 0 aliphatic rings. The van der Waals surface area contributed by atoms with Crippen molar-refractivity contribution in [2.75, 3.05) is 27.2 Å². The lowest BCUT2D eigenvalue weighted by atomic mass is 9.94. The molecule has 0 saturated heterocycles. The standard InChI is InChI=1S/C26H50ClNO4/c1-5-7-9-11-12-14-16-19-23(18-15-13-10-8-6-2)26(30)31-22-24(27)32-25(29)20-17-21-28(3)4/h23-24H,5-22H2,1-4H3. The molecule has 0 aromatic carbocycles. The summed E-state index contributed by atoms with van der Waals surface area (Å²) in [4.78, 5) is 26.5. The first-order valence-corrected chi connectivity index (χ1v) is 13.5. The Morgan fingerprint density at radius 1 is 0.781 bits per heavy atom. The number of unbranched alkanes of at least 4 members (excludes halogenated alkanes) is 10. The molecule has 0 N–H and O–H groups in total. The third-order valence-corrected chi connectivity index (χ3v) is 5.96. The molecule has 0 fully saturated rings. The van der Waals surface area contributed by atoms with Crippen molar-refractivity contribution in [3.05, 3.63) is 0 Å². The average molecular weight is 476 g/mol. The van der Waals surface area contributed by atoms with Crippen LogP contribution in [0.2, 0.25) is 0 Å². The molecule has 5 nitrogen and oxygen atoms in total. The third-order valence-electron chi connectivity index (χ3n) is 5.75. The lowest BCUT2D eigenvalue weighted by molar-refractivity contribution is -0.157. The van der Waals surface area contributed by atoms with E-state index < -0.39 is 5.56 Å². The summed E-state index contributed by atoms with van der Waals surface area (Å²) in [6, 6.07) is 0. The van der Waals surface area contributed by atoms with Gasteiger partial charge in [0.1, 0.15) is 6.61 Å². The van der Waals surface area contributed by atoms with Crippen LogP contribution in [-0.2, 0) is 19.1 Å². The minimum atomic E-state index is -0.922. The highest BCUT2D eigenvalue weighted by Gasteiger charge is 2.21. The zero-order chi connectivity index (χ0) is 24.0. The molecule has 6 heteroatoms. The van der Waals surface area contributed by atoms with Gasteiger partial charge in [-0.3, -0.25) is 9.59 Å². The van der Waals surface area contributed by atoms with Gasteiger partial charge in [0, 0.05) is 6.42 Å². The molecule has 2 atom stereocenters. The van der Waals surface area contributed by atoms with Crippen molar-refractivity contribution < 1.29 is 19.1 Å². The van der Waals surface area contributed by atoms with Crippen LogP contribution in [0.25, 0.3) is 0 Å². The van der Waals surface area contributed by atoms with Gasteiger partial charge in [-0.25, -0.2) is 0 Å². The van der Waals surface area contributed by atoms with E-state index in [0.717, 1.165) is 38.6 Å². The number of carbonyl (C=O) groups excluding carboxylic acids is 2. The molecule has 0 saturated carbocycles. The number of hydrogen-bond acceptors (Lipinski definition) is 5. The van der Waals surface area contributed by atoms with E-state index in [0.29, 0.717) is 12.8 Å². The van der Waals surface area contributed by atoms with E-state index in [1.54, 1.807) is 0 Å². The Morgan fingerprint density at radius 2 is 1.28 bits per heavy atom. The highest BCUT2D eigenvalue weighted by Crippen LogP contribution is 2.21. The van der Waals surface area contributed by atoms with Gasteiger partial charge in [0.2, 0.25) is 5.56 Å². The summed E-state index contributed by atoms with van der Waals surface area (Å²) in [5, 5.41) is 0. The second-order valence-electron chi connectivity index (χ2n) is 9.25. The van der Waals surface area contributed by atoms with Crippen LogP contribution in [-0.4, -0.2) is 49.6 Å². The van der Waals surface area contributed by atoms with Gasteiger partial charge in [-0.05, 0) is 39.9 Å². The fourth-order valence-corrected chi connectivity index (χ4v) is 3.93. The molecule has 2 unspecified atom stereocenters. The van der Waals surface area contributed by atoms with Gasteiger partial charge in [-0.15, -0.1) is 0 Å². The van der Waals surface area contributed by atoms with E-state index >= 15 is 0 Å². The van der Waals surface area contributed by atoms with E-state index in [4.69, 9.17) is 21.1 Å². The summed E-state index contributed by atoms with van der Waals surface area (Å²) in [6.45, 7) is 5.17. The van der Waals surface area contributed by atoms with E-state index in [1.807, 2.05) is 19.0 Å². The molecule has 0 heterocycles. The lowest BCUT2D eigenvalue weighted by Crippen LogP contribution is -2.25. The molecule has 0 spiro atoms. The van der Waals surface area contributed by atoms with Crippen molar-refractivity contribution in [2.24, 2.45) is 5.92 Å². The van der Waals surface area contributed by atoms with Crippen LogP contribution in [0.1, 0.15) is 117 Å². The molecular weight excluding hydrogens is 426 g/mol. The first-order chi connectivity index (χ1) is 15.4. The summed E-state index contributed by atoms with van der Waals surface area (Å²) >= 11 is 6.08. The number of ether oxygens (including phenoxy) is 2. The second-order valence-corrected chi connectivity index (χ2v) is 9.73. The maximum Gasteiger partial charge on any atom is 0.309 e. The van der Waals surface area contributed by atoms with Gasteiger partial charge >= 0.3 is 11.9 Å². The molecule has 0 bridgehead atoms. The van der Waals surface area contributed by atoms with Crippen molar-refractivity contribution >= 4 is 23.5 Å². The van der Waals surface area contributed by atoms with Gasteiger partial charge in [0.25, 0.3) is 0 Å². The Morgan fingerprint density at radius 3 is 1.78 bits per heavy atom. The smallest absolute Gasteiger partial charge is 0.309 e. The fraction of sp³-hybridized carbons (Fsp3) is 0.923. The van der Waals surface area contributed by atoms with Crippen molar-refractivity contribution in [3.8, 4) is 0 Å². The Kier molecular flexibility index (Phi) is 21.4. The number of rotatable bonds is 22. The number of nitrogens with zero attached hydrogens (tertiary/aromatic N) is 1. The molecule has 0 rings (SSSR count). The minimum Gasteiger partial charge on any atom is -0.460 e. The predicted molar refractivity (Wildman–Crippen MR) is 134 cm³/mol. The van der Waals surface area contributed by atoms with Crippen LogP contribution in [0.4, 0.5) is 0 Å². The van der Waals surface area contributed by atoms with E-state index in [9.17, 15) is 9.59 Å². The maximum absolute atomic E-state index is 12.7. The summed E-state index contributed by atoms with van der Waals surface area (Å²) in [5.41, 5.74) is -0.922. The largest absolute Gasteiger partial charge is 0.460 e. The first kappa shape index (κ1) is 31.2. The van der Waals surface area contributed by atoms with Crippen LogP contribution in [0.15, 0.2) is 0 Å². The van der Waals surface area contributed by atoms with E-state index in [2.05, 4.69) is 13.8 Å². The van der Waals surface area contributed by atoms with Gasteiger partial charge in [-0.2, -0.15) is 0 Å². The van der Waals surface area contributed by atoms with Crippen molar-refractivity contribution in [1.82, 2.24) is 4.90 Å². The maximum atomic E-state index is 12.7. The van der Waals surface area contributed by atoms with Gasteiger partial charge in [-0.1, -0.05) is 102 Å². The van der Waals surface area contributed by atoms with E-state index in [1.165, 1.54) is 57.8 Å². The van der Waals surface area contributed by atoms with Crippen LogP contribution in [0.3, 0.4) is 0 Å². The summed E-state index contributed by atoms with van der Waals surface area (Å²) in [7, 11) is 3.92. The fourth-order valence-electron chi connectivity index (χ4n) is 3.76. The SMILES string of the molecule is CCCCCCCCCC(CCCCCCC)C(=O)OCC(Cl)OC(=O)CCCN(C)C. The molecule has 0 aromatic rings. The van der Waals surface area contributed by atoms with Gasteiger partial charge in [0.05, 0.1) is 5.92 Å². The van der Waals surface area contributed by atoms with Gasteiger partial charge < -0.3 is 14.4 Å². The number of carbonyl (C=O) groups is 2. The molecule has 0 radical (unpaired) electrons. The summed E-state index contributed by atoms with van der Waals surface area (Å²) in [5.74, 6) is -0.619. The summed E-state index contributed by atoms with van der Waals surface area (Å²) in [6.07, 6.45) is 17.3. The van der Waals surface area contributed by atoms with Crippen LogP contribution < -0.4 is 0 Å². The normalized spacial score (nSPS) is 13.2. The number of esters is 2. The quantitative estimate of drug-likeness (QED) is 0.0949. The van der Waals surface area contributed by atoms with Crippen LogP contribution >= 0.6 is 11.6 Å². The molecule has 32 heavy (non-hydrogen) atoms. The van der Waals surface area contributed by atoms with Crippen LogP contribution in [0, 0.1) is 5.92 Å². The predicted octanol–water partition coefficient (Wildman–Crippen LogP) is 7.10. The lowest BCUT2D eigenvalue weighted by Gasteiger charge is -2.18. The first-order valence-electron chi connectivity index (χ1n) is 13.1. The molecule has 190 valence electrons. The molecule has 0 aliphatic carbocycles. The van der Waals surface area contributed by atoms with Crippen molar-refractivity contribution in [1.29, 1.82) is 0 Å². The van der Waals surface area contributed by atoms with Gasteiger partial charge in [0.15, 0.2) is 0 Å². The molecular formula is C26H50ClNO4. The van der Waals surface area contributed by atoms with Crippen molar-refractivity contribution in [2.45, 2.75) is 122 Å². The summed E-state index contributed by atoms with van der Waals surface area (Å²) < 4.78 is 10.6. The third kappa shape index (κ3) is 19.8. The zero-order valence-corrected chi connectivity index (χ0v) is 22.1. The average Bonchev–Trinajstić information content (AvgIpc) is 2.74. The number of hydrogen-bond donors (Lipinski definition) is 0. The monoisotopic (exact) mass is 475 g/mol. The molecule has 0 aliphatic heterocycles. The Labute approximate surface area is 202 Å². The van der Waals surface area contributed by atoms with Crippen LogP contribution in [0.5, 0.6) is 0 Å². The second kappa shape index (κ2) is 22.0. The zero-order valence-electron chi connectivity index (χ0n) is 21.3. The molecule has 0 aromatic heterocycles. The highest BCUT2D eigenvalue weighted by atomic mass is 35.5. The number of alkyl halides is 1. The minimum absolute atomic E-state index is 0.0769. The van der Waals surface area contributed by atoms with Crippen molar-refractivity contribution in [3.63, 3.8) is 0 Å². The Balaban J connectivity index is 4.29.